The third kappa shape index (κ3) is 5.46. The van der Waals surface area contributed by atoms with Gasteiger partial charge in [-0.2, -0.15) is 0 Å². The van der Waals surface area contributed by atoms with Gasteiger partial charge in [-0.25, -0.2) is 0 Å². The van der Waals surface area contributed by atoms with Crippen molar-refractivity contribution in [2.75, 3.05) is 33.4 Å². The lowest BCUT2D eigenvalue weighted by Gasteiger charge is -2.39. The van der Waals surface area contributed by atoms with Gasteiger partial charge in [0.05, 0.1) is 13.2 Å². The second-order valence-corrected chi connectivity index (χ2v) is 7.06. The summed E-state index contributed by atoms with van der Waals surface area (Å²) in [4.78, 5) is 25.8. The van der Waals surface area contributed by atoms with Gasteiger partial charge in [0.25, 0.3) is 0 Å². The van der Waals surface area contributed by atoms with Crippen molar-refractivity contribution in [1.29, 1.82) is 0 Å². The number of hydrogen-bond acceptors (Lipinski definition) is 4. The number of carbonyl (C=O) groups excluding carboxylic acids is 1. The van der Waals surface area contributed by atoms with E-state index in [4.69, 9.17) is 9.47 Å². The van der Waals surface area contributed by atoms with Crippen LogP contribution in [-0.4, -0.2) is 55.3 Å². The summed E-state index contributed by atoms with van der Waals surface area (Å²) >= 11 is 0. The fraction of sp³-hybridized carbons (Fsp3) is 0.600. The zero-order valence-corrected chi connectivity index (χ0v) is 15.7. The van der Waals surface area contributed by atoms with Gasteiger partial charge in [-0.05, 0) is 50.3 Å². The average molecular weight is 363 g/mol. The summed E-state index contributed by atoms with van der Waals surface area (Å²) in [6.07, 6.45) is 3.17. The van der Waals surface area contributed by atoms with Crippen LogP contribution in [0.3, 0.4) is 0 Å². The number of unbranched alkanes of at least 4 members (excludes halogenated alkanes) is 1. The summed E-state index contributed by atoms with van der Waals surface area (Å²) in [5.74, 6) is -0.0245. The number of methoxy groups -OCH3 is 1. The first-order valence-electron chi connectivity index (χ1n) is 9.16. The molecule has 1 heterocycles. The molecule has 0 saturated carbocycles. The summed E-state index contributed by atoms with van der Waals surface area (Å²) in [6.45, 7) is 3.58. The van der Waals surface area contributed by atoms with E-state index in [1.165, 1.54) is 7.11 Å². The predicted molar refractivity (Wildman–Crippen MR) is 98.3 cm³/mol. The number of nitrogens with zero attached hydrogens (tertiary/aromatic N) is 1. The first-order chi connectivity index (χ1) is 12.5. The number of ether oxygens (including phenoxy) is 2. The van der Waals surface area contributed by atoms with Crippen LogP contribution in [0.15, 0.2) is 24.3 Å². The molecule has 1 unspecified atom stereocenters. The highest BCUT2D eigenvalue weighted by Crippen LogP contribution is 2.31. The van der Waals surface area contributed by atoms with E-state index in [1.807, 2.05) is 31.2 Å². The molecule has 0 spiro atoms. The molecule has 0 bridgehead atoms. The fourth-order valence-corrected chi connectivity index (χ4v) is 3.41. The number of aryl methyl sites for hydroxylation is 1. The Labute approximate surface area is 155 Å². The monoisotopic (exact) mass is 363 g/mol. The second kappa shape index (κ2) is 9.57. The van der Waals surface area contributed by atoms with E-state index in [9.17, 15) is 14.7 Å². The first kappa shape index (κ1) is 20.2. The molecule has 6 heteroatoms. The third-order valence-electron chi connectivity index (χ3n) is 4.85. The number of carboxylic acids is 1. The Morgan fingerprint density at radius 2 is 2.12 bits per heavy atom. The third-order valence-corrected chi connectivity index (χ3v) is 4.85. The molecule has 1 fully saturated rings. The van der Waals surface area contributed by atoms with Gasteiger partial charge in [-0.3, -0.25) is 9.59 Å². The standard InChI is InChI=1S/C20H29NO5/c1-16-7-5-8-17(13-16)26-12-4-3-9-18(22)21-11-6-10-20(14-21,15-25-2)19(23)24/h5,7-8,13H,3-4,6,9-12,14-15H2,1-2H3,(H,23,24). The maximum absolute atomic E-state index is 12.4. The first-order valence-corrected chi connectivity index (χ1v) is 9.16. The van der Waals surface area contributed by atoms with Gasteiger partial charge in [-0.1, -0.05) is 12.1 Å². The molecule has 2 rings (SSSR count). The maximum Gasteiger partial charge on any atom is 0.313 e. The minimum absolute atomic E-state index is 0.0157. The smallest absolute Gasteiger partial charge is 0.313 e. The van der Waals surface area contributed by atoms with Crippen molar-refractivity contribution in [3.8, 4) is 5.75 Å². The summed E-state index contributed by atoms with van der Waals surface area (Å²) in [7, 11) is 1.50. The Morgan fingerprint density at radius 1 is 1.31 bits per heavy atom. The van der Waals surface area contributed by atoms with Crippen molar-refractivity contribution in [3.05, 3.63) is 29.8 Å². The molecule has 1 N–H and O–H groups in total. The van der Waals surface area contributed by atoms with Crippen LogP contribution in [0.25, 0.3) is 0 Å². The van der Waals surface area contributed by atoms with Crippen LogP contribution in [0.4, 0.5) is 0 Å². The summed E-state index contributed by atoms with van der Waals surface area (Å²) < 4.78 is 10.8. The summed E-state index contributed by atoms with van der Waals surface area (Å²) in [6, 6.07) is 7.89. The number of benzene rings is 1. The highest BCUT2D eigenvalue weighted by Gasteiger charge is 2.43. The number of carbonyl (C=O) groups is 2. The molecule has 1 amide bonds. The highest BCUT2D eigenvalue weighted by atomic mass is 16.5. The molecule has 1 aliphatic rings. The van der Waals surface area contributed by atoms with Crippen LogP contribution in [0.5, 0.6) is 5.75 Å². The summed E-state index contributed by atoms with van der Waals surface area (Å²) in [5.41, 5.74) is 0.178. The zero-order valence-electron chi connectivity index (χ0n) is 15.7. The van der Waals surface area contributed by atoms with Crippen LogP contribution in [0.2, 0.25) is 0 Å². The maximum atomic E-state index is 12.4. The van der Waals surface area contributed by atoms with Crippen molar-refractivity contribution in [2.45, 2.75) is 39.0 Å². The largest absolute Gasteiger partial charge is 0.494 e. The SMILES string of the molecule is COCC1(C(=O)O)CCCN(C(=O)CCCCOc2cccc(C)c2)C1. The Balaban J connectivity index is 1.74. The number of rotatable bonds is 9. The molecule has 1 aliphatic heterocycles. The van der Waals surface area contributed by atoms with Gasteiger partial charge < -0.3 is 19.5 Å². The van der Waals surface area contributed by atoms with Gasteiger partial charge in [0.2, 0.25) is 5.91 Å². The van der Waals surface area contributed by atoms with Gasteiger partial charge in [0.1, 0.15) is 11.2 Å². The van der Waals surface area contributed by atoms with E-state index in [2.05, 4.69) is 0 Å². The Hall–Kier alpha value is -2.08. The highest BCUT2D eigenvalue weighted by molar-refractivity contribution is 5.79. The Bertz CT molecular complexity index is 614. The molecule has 144 valence electrons. The Morgan fingerprint density at radius 3 is 2.81 bits per heavy atom. The van der Waals surface area contributed by atoms with E-state index >= 15 is 0 Å². The molecule has 26 heavy (non-hydrogen) atoms. The van der Waals surface area contributed by atoms with Crippen molar-refractivity contribution >= 4 is 11.9 Å². The number of piperidine rings is 1. The zero-order chi connectivity index (χ0) is 19.0. The molecular weight excluding hydrogens is 334 g/mol. The molecule has 1 aromatic rings. The van der Waals surface area contributed by atoms with Gasteiger partial charge >= 0.3 is 5.97 Å². The molecule has 0 radical (unpaired) electrons. The van der Waals surface area contributed by atoms with E-state index in [0.29, 0.717) is 32.4 Å². The molecular formula is C20H29NO5. The van der Waals surface area contributed by atoms with Gasteiger partial charge in [-0.15, -0.1) is 0 Å². The van der Waals surface area contributed by atoms with Gasteiger partial charge in [0.15, 0.2) is 0 Å². The minimum atomic E-state index is -0.975. The molecule has 1 saturated heterocycles. The number of hydrogen-bond donors (Lipinski definition) is 1. The molecule has 1 aromatic carbocycles. The Kier molecular flexibility index (Phi) is 7.45. The minimum Gasteiger partial charge on any atom is -0.494 e. The van der Waals surface area contributed by atoms with Crippen LogP contribution >= 0.6 is 0 Å². The lowest BCUT2D eigenvalue weighted by molar-refractivity contribution is -0.159. The van der Waals surface area contributed by atoms with E-state index in [0.717, 1.165) is 24.2 Å². The lowest BCUT2D eigenvalue weighted by Crippen LogP contribution is -2.52. The van der Waals surface area contributed by atoms with E-state index < -0.39 is 11.4 Å². The topological polar surface area (TPSA) is 76.1 Å². The van der Waals surface area contributed by atoms with Crippen LogP contribution < -0.4 is 4.74 Å². The van der Waals surface area contributed by atoms with Crippen LogP contribution in [0.1, 0.15) is 37.7 Å². The van der Waals surface area contributed by atoms with E-state index in [-0.39, 0.29) is 19.1 Å². The predicted octanol–water partition coefficient (Wildman–Crippen LogP) is 2.88. The van der Waals surface area contributed by atoms with Crippen LogP contribution in [-0.2, 0) is 14.3 Å². The number of likely N-dealkylation sites (tertiary alicyclic amines) is 1. The molecule has 0 aliphatic carbocycles. The number of aliphatic carboxylic acids is 1. The molecule has 1 atom stereocenters. The van der Waals surface area contributed by atoms with Crippen LogP contribution in [0, 0.1) is 12.3 Å². The number of amides is 1. The average Bonchev–Trinajstić information content (AvgIpc) is 2.61. The van der Waals surface area contributed by atoms with Crippen molar-refractivity contribution in [3.63, 3.8) is 0 Å². The second-order valence-electron chi connectivity index (χ2n) is 7.06. The normalized spacial score (nSPS) is 20.0. The van der Waals surface area contributed by atoms with E-state index in [1.54, 1.807) is 4.90 Å². The molecule has 6 nitrogen and oxygen atoms in total. The number of carboxylic acid groups (broad SMARTS) is 1. The van der Waals surface area contributed by atoms with Gasteiger partial charge in [0, 0.05) is 26.6 Å². The summed E-state index contributed by atoms with van der Waals surface area (Å²) in [5, 5.41) is 9.56. The lowest BCUT2D eigenvalue weighted by atomic mass is 9.80. The van der Waals surface area contributed by atoms with Crippen molar-refractivity contribution < 1.29 is 24.2 Å². The molecule has 0 aromatic heterocycles. The van der Waals surface area contributed by atoms with Crippen molar-refractivity contribution in [2.24, 2.45) is 5.41 Å². The van der Waals surface area contributed by atoms with Crippen molar-refractivity contribution in [1.82, 2.24) is 4.90 Å². The fourth-order valence-electron chi connectivity index (χ4n) is 3.41. The quantitative estimate of drug-likeness (QED) is 0.683.